The predicted molar refractivity (Wildman–Crippen MR) is 107 cm³/mol. The molecule has 0 atom stereocenters. The van der Waals surface area contributed by atoms with E-state index in [2.05, 4.69) is 17.1 Å². The summed E-state index contributed by atoms with van der Waals surface area (Å²) in [7, 11) is 0. The molecule has 0 amide bonds. The predicted octanol–water partition coefficient (Wildman–Crippen LogP) is 5.38. The van der Waals surface area contributed by atoms with Gasteiger partial charge in [0.25, 0.3) is 0 Å². The zero-order valence-corrected chi connectivity index (χ0v) is 14.9. The lowest BCUT2D eigenvalue weighted by atomic mass is 10.0. The van der Waals surface area contributed by atoms with E-state index in [-0.39, 0.29) is 12.4 Å². The number of phenolic OH excluding ortho intramolecular Hbond substituents is 1. The van der Waals surface area contributed by atoms with E-state index in [9.17, 15) is 9.90 Å². The number of fused-ring (bicyclic) bond motifs is 1. The van der Waals surface area contributed by atoms with Crippen molar-refractivity contribution in [3.8, 4) is 28.1 Å². The standard InChI is InChI=1S/C23H19NO3/c1-2-27-23(26)21-19-14-18(25)12-13-20(19)24-22(21)17-10-8-16(9-11-17)15-6-4-3-5-7-15/h3-14,24-25H,2H2,1H3. The highest BCUT2D eigenvalue weighted by atomic mass is 16.5. The Bertz CT molecular complexity index is 1100. The summed E-state index contributed by atoms with van der Waals surface area (Å²) in [6, 6.07) is 23.1. The number of aromatic amines is 1. The number of H-pyrrole nitrogens is 1. The summed E-state index contributed by atoms with van der Waals surface area (Å²) in [5.74, 6) is -0.297. The molecular formula is C23H19NO3. The number of carbonyl (C=O) groups excluding carboxylic acids is 1. The largest absolute Gasteiger partial charge is 0.508 e. The summed E-state index contributed by atoms with van der Waals surface area (Å²) < 4.78 is 5.25. The first-order chi connectivity index (χ1) is 13.2. The highest BCUT2D eigenvalue weighted by molar-refractivity contribution is 6.10. The van der Waals surface area contributed by atoms with Crippen LogP contribution in [0.1, 0.15) is 17.3 Å². The Balaban J connectivity index is 1.83. The van der Waals surface area contributed by atoms with Crippen LogP contribution >= 0.6 is 0 Å². The molecule has 0 fully saturated rings. The molecule has 4 heteroatoms. The number of hydrogen-bond donors (Lipinski definition) is 2. The summed E-state index contributed by atoms with van der Waals surface area (Å²) in [5, 5.41) is 10.5. The number of carbonyl (C=O) groups is 1. The molecule has 134 valence electrons. The van der Waals surface area contributed by atoms with Crippen LogP contribution in [0.15, 0.2) is 72.8 Å². The van der Waals surface area contributed by atoms with Crippen molar-refractivity contribution in [3.63, 3.8) is 0 Å². The van der Waals surface area contributed by atoms with Gasteiger partial charge < -0.3 is 14.8 Å². The number of hydrogen-bond acceptors (Lipinski definition) is 3. The number of phenols is 1. The molecule has 0 saturated heterocycles. The van der Waals surface area contributed by atoms with E-state index in [1.54, 1.807) is 25.1 Å². The molecule has 27 heavy (non-hydrogen) atoms. The second-order valence-corrected chi connectivity index (χ2v) is 6.27. The molecule has 3 aromatic carbocycles. The van der Waals surface area contributed by atoms with Crippen molar-refractivity contribution in [1.29, 1.82) is 0 Å². The zero-order valence-electron chi connectivity index (χ0n) is 14.9. The molecule has 0 aliphatic heterocycles. The molecule has 4 rings (SSSR count). The first kappa shape index (κ1) is 16.9. The average Bonchev–Trinajstić information content (AvgIpc) is 3.07. The SMILES string of the molecule is CCOC(=O)c1c(-c2ccc(-c3ccccc3)cc2)[nH]c2ccc(O)cc12. The maximum atomic E-state index is 12.6. The lowest BCUT2D eigenvalue weighted by Crippen LogP contribution is -2.05. The Hall–Kier alpha value is -3.53. The van der Waals surface area contributed by atoms with Gasteiger partial charge in [0.1, 0.15) is 5.75 Å². The Kier molecular flexibility index (Phi) is 4.38. The Morgan fingerprint density at radius 3 is 2.30 bits per heavy atom. The van der Waals surface area contributed by atoms with Crippen molar-refractivity contribution in [2.45, 2.75) is 6.92 Å². The fraction of sp³-hybridized carbons (Fsp3) is 0.0870. The van der Waals surface area contributed by atoms with Crippen LogP contribution in [0.4, 0.5) is 0 Å². The number of ether oxygens (including phenoxy) is 1. The van der Waals surface area contributed by atoms with Crippen LogP contribution in [-0.2, 0) is 4.74 Å². The van der Waals surface area contributed by atoms with Crippen molar-refractivity contribution in [2.24, 2.45) is 0 Å². The summed E-state index contributed by atoms with van der Waals surface area (Å²) in [6.45, 7) is 2.06. The molecule has 1 heterocycles. The minimum Gasteiger partial charge on any atom is -0.508 e. The van der Waals surface area contributed by atoms with E-state index in [0.717, 1.165) is 22.2 Å². The molecule has 4 aromatic rings. The highest BCUT2D eigenvalue weighted by Gasteiger charge is 2.21. The van der Waals surface area contributed by atoms with Crippen molar-refractivity contribution in [2.75, 3.05) is 6.61 Å². The third kappa shape index (κ3) is 3.17. The first-order valence-electron chi connectivity index (χ1n) is 8.85. The Labute approximate surface area is 157 Å². The lowest BCUT2D eigenvalue weighted by Gasteiger charge is -2.07. The van der Waals surface area contributed by atoms with Gasteiger partial charge in [0.2, 0.25) is 0 Å². The topological polar surface area (TPSA) is 62.3 Å². The molecular weight excluding hydrogens is 338 g/mol. The van der Waals surface area contributed by atoms with E-state index in [0.29, 0.717) is 16.6 Å². The van der Waals surface area contributed by atoms with Crippen molar-refractivity contribution < 1.29 is 14.6 Å². The van der Waals surface area contributed by atoms with Gasteiger partial charge in [-0.15, -0.1) is 0 Å². The molecule has 4 nitrogen and oxygen atoms in total. The van der Waals surface area contributed by atoms with E-state index < -0.39 is 5.97 Å². The first-order valence-corrected chi connectivity index (χ1v) is 8.85. The van der Waals surface area contributed by atoms with Crippen LogP contribution < -0.4 is 0 Å². The van der Waals surface area contributed by atoms with Crippen LogP contribution in [0.5, 0.6) is 5.75 Å². The summed E-state index contributed by atoms with van der Waals surface area (Å²) in [4.78, 5) is 15.9. The number of rotatable bonds is 4. The van der Waals surface area contributed by atoms with Gasteiger partial charge in [0.05, 0.1) is 17.9 Å². The minimum absolute atomic E-state index is 0.109. The van der Waals surface area contributed by atoms with Gasteiger partial charge in [0, 0.05) is 10.9 Å². The van der Waals surface area contributed by atoms with Crippen molar-refractivity contribution >= 4 is 16.9 Å². The molecule has 0 aliphatic rings. The normalized spacial score (nSPS) is 10.9. The fourth-order valence-corrected chi connectivity index (χ4v) is 3.27. The van der Waals surface area contributed by atoms with Crippen molar-refractivity contribution in [1.82, 2.24) is 4.98 Å². The molecule has 0 unspecified atom stereocenters. The second-order valence-electron chi connectivity index (χ2n) is 6.27. The smallest absolute Gasteiger partial charge is 0.340 e. The molecule has 0 radical (unpaired) electrons. The monoisotopic (exact) mass is 357 g/mol. The third-order valence-electron chi connectivity index (χ3n) is 4.54. The van der Waals surface area contributed by atoms with Gasteiger partial charge in [-0.2, -0.15) is 0 Å². The van der Waals surface area contributed by atoms with Gasteiger partial charge in [-0.05, 0) is 41.8 Å². The van der Waals surface area contributed by atoms with Crippen LogP contribution in [0.3, 0.4) is 0 Å². The molecule has 2 N–H and O–H groups in total. The molecule has 0 bridgehead atoms. The van der Waals surface area contributed by atoms with Gasteiger partial charge in [0.15, 0.2) is 0 Å². The van der Waals surface area contributed by atoms with Gasteiger partial charge in [-0.3, -0.25) is 0 Å². The minimum atomic E-state index is -0.406. The number of aromatic hydroxyl groups is 1. The summed E-state index contributed by atoms with van der Waals surface area (Å²) in [5.41, 5.74) is 5.03. The van der Waals surface area contributed by atoms with E-state index in [4.69, 9.17) is 4.74 Å². The van der Waals surface area contributed by atoms with Gasteiger partial charge >= 0.3 is 5.97 Å². The third-order valence-corrected chi connectivity index (χ3v) is 4.54. The zero-order chi connectivity index (χ0) is 18.8. The number of esters is 1. The van der Waals surface area contributed by atoms with Crippen LogP contribution in [0, 0.1) is 0 Å². The average molecular weight is 357 g/mol. The van der Waals surface area contributed by atoms with Gasteiger partial charge in [-0.25, -0.2) is 4.79 Å². The maximum absolute atomic E-state index is 12.6. The maximum Gasteiger partial charge on any atom is 0.340 e. The van der Waals surface area contributed by atoms with Crippen LogP contribution in [0.25, 0.3) is 33.3 Å². The van der Waals surface area contributed by atoms with E-state index in [1.165, 1.54) is 0 Å². The molecule has 0 spiro atoms. The molecule has 1 aromatic heterocycles. The fourth-order valence-electron chi connectivity index (χ4n) is 3.27. The number of nitrogens with one attached hydrogen (secondary N) is 1. The van der Waals surface area contributed by atoms with Gasteiger partial charge in [-0.1, -0.05) is 54.6 Å². The van der Waals surface area contributed by atoms with Crippen LogP contribution in [-0.4, -0.2) is 22.7 Å². The Morgan fingerprint density at radius 1 is 0.926 bits per heavy atom. The number of benzene rings is 3. The quantitative estimate of drug-likeness (QED) is 0.482. The second kappa shape index (κ2) is 7.00. The molecule has 0 aliphatic carbocycles. The van der Waals surface area contributed by atoms with E-state index in [1.807, 2.05) is 42.5 Å². The molecule has 0 saturated carbocycles. The van der Waals surface area contributed by atoms with Crippen molar-refractivity contribution in [3.05, 3.63) is 78.4 Å². The summed E-state index contributed by atoms with van der Waals surface area (Å²) in [6.07, 6.45) is 0. The lowest BCUT2D eigenvalue weighted by molar-refractivity contribution is 0.0529. The van der Waals surface area contributed by atoms with E-state index >= 15 is 0 Å². The Morgan fingerprint density at radius 2 is 1.59 bits per heavy atom. The highest BCUT2D eigenvalue weighted by Crippen LogP contribution is 2.34. The van der Waals surface area contributed by atoms with Crippen LogP contribution in [0.2, 0.25) is 0 Å². The summed E-state index contributed by atoms with van der Waals surface area (Å²) >= 11 is 0. The number of aromatic nitrogens is 1.